The number of fused-ring (bicyclic) bond motifs is 1. The van der Waals surface area contributed by atoms with Crippen molar-refractivity contribution in [3.8, 4) is 0 Å². The molecule has 2 rings (SSSR count). The third kappa shape index (κ3) is 2.19. The van der Waals surface area contributed by atoms with Gasteiger partial charge in [0.15, 0.2) is 0 Å². The summed E-state index contributed by atoms with van der Waals surface area (Å²) in [5.41, 5.74) is -0.861. The first-order valence-corrected chi connectivity index (χ1v) is 6.34. The predicted octanol–water partition coefficient (Wildman–Crippen LogP) is 1.73. The van der Waals surface area contributed by atoms with Gasteiger partial charge in [-0.25, -0.2) is 4.98 Å². The van der Waals surface area contributed by atoms with Gasteiger partial charge in [-0.05, 0) is 34.6 Å². The molecule has 0 spiro atoms. The second-order valence-corrected chi connectivity index (χ2v) is 5.93. The molecule has 0 aliphatic heterocycles. The van der Waals surface area contributed by atoms with E-state index in [9.17, 15) is 9.90 Å². The van der Waals surface area contributed by atoms with Crippen molar-refractivity contribution in [3.05, 3.63) is 18.1 Å². The van der Waals surface area contributed by atoms with Crippen molar-refractivity contribution >= 4 is 17.6 Å². The van der Waals surface area contributed by atoms with Gasteiger partial charge in [-0.1, -0.05) is 0 Å². The predicted molar refractivity (Wildman–Crippen MR) is 74.6 cm³/mol. The number of carbonyl (C=O) groups is 1. The van der Waals surface area contributed by atoms with Crippen molar-refractivity contribution in [2.24, 2.45) is 5.41 Å². The van der Waals surface area contributed by atoms with Crippen molar-refractivity contribution < 1.29 is 9.90 Å². The molecular weight excluding hydrogens is 258 g/mol. The Hall–Kier alpha value is -2.18. The average molecular weight is 277 g/mol. The van der Waals surface area contributed by atoms with E-state index in [-0.39, 0.29) is 0 Å². The molecule has 0 aliphatic carbocycles. The number of aromatic nitrogens is 4. The second kappa shape index (κ2) is 4.43. The van der Waals surface area contributed by atoms with Crippen LogP contribution in [0.15, 0.2) is 12.4 Å². The molecule has 7 nitrogen and oxygen atoms in total. The van der Waals surface area contributed by atoms with Crippen LogP contribution in [-0.4, -0.2) is 36.2 Å². The minimum Gasteiger partial charge on any atom is -0.481 e. The van der Waals surface area contributed by atoms with Crippen molar-refractivity contribution in [3.63, 3.8) is 0 Å². The zero-order valence-corrected chi connectivity index (χ0v) is 12.3. The fourth-order valence-corrected chi connectivity index (χ4v) is 1.76. The third-order valence-electron chi connectivity index (χ3n) is 3.92. The highest BCUT2D eigenvalue weighted by Crippen LogP contribution is 2.33. The van der Waals surface area contributed by atoms with Crippen LogP contribution >= 0.6 is 0 Å². The van der Waals surface area contributed by atoms with E-state index in [1.807, 2.05) is 26.8 Å². The number of nitrogens with one attached hydrogen (secondary N) is 1. The van der Waals surface area contributed by atoms with Crippen molar-refractivity contribution in [1.29, 1.82) is 0 Å². The monoisotopic (exact) mass is 277 g/mol. The first-order chi connectivity index (χ1) is 9.15. The molecule has 0 saturated heterocycles. The fourth-order valence-electron chi connectivity index (χ4n) is 1.76. The first-order valence-electron chi connectivity index (χ1n) is 6.34. The lowest BCUT2D eigenvalue weighted by Crippen LogP contribution is -2.51. The van der Waals surface area contributed by atoms with Gasteiger partial charge in [0.2, 0.25) is 0 Å². The maximum absolute atomic E-state index is 11.5. The lowest BCUT2D eigenvalue weighted by Gasteiger charge is -2.39. The summed E-state index contributed by atoms with van der Waals surface area (Å²) in [7, 11) is 0. The molecule has 0 bridgehead atoms. The van der Waals surface area contributed by atoms with Crippen LogP contribution in [0.2, 0.25) is 0 Å². The van der Waals surface area contributed by atoms with Gasteiger partial charge in [0.05, 0.1) is 5.41 Å². The van der Waals surface area contributed by atoms with Gasteiger partial charge in [-0.15, -0.1) is 0 Å². The molecule has 0 unspecified atom stereocenters. The summed E-state index contributed by atoms with van der Waals surface area (Å²) in [6, 6.07) is 1.82. The Morgan fingerprint density at radius 1 is 1.35 bits per heavy atom. The molecule has 7 heteroatoms. The molecule has 0 aromatic carbocycles. The van der Waals surface area contributed by atoms with Crippen molar-refractivity contribution in [2.45, 2.75) is 40.2 Å². The number of aliphatic carboxylic acids is 1. The molecule has 108 valence electrons. The van der Waals surface area contributed by atoms with Crippen LogP contribution in [0.3, 0.4) is 0 Å². The van der Waals surface area contributed by atoms with E-state index in [1.54, 1.807) is 18.4 Å². The van der Waals surface area contributed by atoms with Crippen LogP contribution in [0.4, 0.5) is 5.82 Å². The first kappa shape index (κ1) is 14.2. The Morgan fingerprint density at radius 3 is 2.60 bits per heavy atom. The number of hydrogen-bond donors (Lipinski definition) is 2. The lowest BCUT2D eigenvalue weighted by molar-refractivity contribution is -0.149. The van der Waals surface area contributed by atoms with Gasteiger partial charge in [0, 0.05) is 17.3 Å². The average Bonchev–Trinajstić information content (AvgIpc) is 2.75. The Bertz CT molecular complexity index is 660. The molecular formula is C13H19N5O2. The molecule has 0 amide bonds. The normalized spacial score (nSPS) is 12.7. The number of carboxylic acid groups (broad SMARTS) is 1. The van der Waals surface area contributed by atoms with Gasteiger partial charge in [0.1, 0.15) is 12.1 Å². The molecule has 20 heavy (non-hydrogen) atoms. The SMILES string of the molecule is Cc1cc(NC(C)(C)C(C)(C)C(=O)O)n2ncnc2n1. The highest BCUT2D eigenvalue weighted by atomic mass is 16.4. The molecule has 0 atom stereocenters. The van der Waals surface area contributed by atoms with Gasteiger partial charge >= 0.3 is 5.97 Å². The van der Waals surface area contributed by atoms with Crippen LogP contribution in [0.1, 0.15) is 33.4 Å². The zero-order valence-electron chi connectivity index (χ0n) is 12.3. The third-order valence-corrected chi connectivity index (χ3v) is 3.92. The van der Waals surface area contributed by atoms with E-state index in [1.165, 1.54) is 6.33 Å². The Labute approximate surface area is 117 Å². The summed E-state index contributed by atoms with van der Waals surface area (Å²) in [5.74, 6) is 0.288. The molecule has 2 N–H and O–H groups in total. The molecule has 2 aromatic heterocycles. The second-order valence-electron chi connectivity index (χ2n) is 5.93. The summed E-state index contributed by atoms with van der Waals surface area (Å²) >= 11 is 0. The van der Waals surface area contributed by atoms with Gasteiger partial charge in [-0.3, -0.25) is 4.79 Å². The summed E-state index contributed by atoms with van der Waals surface area (Å²) in [6.07, 6.45) is 1.42. The smallest absolute Gasteiger partial charge is 0.311 e. The van der Waals surface area contributed by atoms with Crippen LogP contribution in [0.25, 0.3) is 5.78 Å². The van der Waals surface area contributed by atoms with E-state index < -0.39 is 16.9 Å². The van der Waals surface area contributed by atoms with Crippen molar-refractivity contribution in [1.82, 2.24) is 19.6 Å². The molecule has 0 radical (unpaired) electrons. The minimum absolute atomic E-state index is 0.483. The zero-order chi connectivity index (χ0) is 15.1. The Balaban J connectivity index is 2.46. The van der Waals surface area contributed by atoms with Gasteiger partial charge < -0.3 is 10.4 Å². The van der Waals surface area contributed by atoms with Crippen LogP contribution < -0.4 is 5.32 Å². The molecule has 0 fully saturated rings. The topological polar surface area (TPSA) is 92.4 Å². The van der Waals surface area contributed by atoms with Gasteiger partial charge in [-0.2, -0.15) is 14.6 Å². The van der Waals surface area contributed by atoms with Crippen LogP contribution in [0, 0.1) is 12.3 Å². The van der Waals surface area contributed by atoms with Gasteiger partial charge in [0.25, 0.3) is 5.78 Å². The summed E-state index contributed by atoms with van der Waals surface area (Å²) in [4.78, 5) is 19.8. The maximum Gasteiger partial charge on any atom is 0.311 e. The molecule has 0 saturated carbocycles. The van der Waals surface area contributed by atoms with E-state index >= 15 is 0 Å². The lowest BCUT2D eigenvalue weighted by atomic mass is 9.74. The van der Waals surface area contributed by atoms with Crippen LogP contribution in [-0.2, 0) is 4.79 Å². The largest absolute Gasteiger partial charge is 0.481 e. The van der Waals surface area contributed by atoms with Crippen molar-refractivity contribution in [2.75, 3.05) is 5.32 Å². The molecule has 2 heterocycles. The summed E-state index contributed by atoms with van der Waals surface area (Å²) in [5, 5.41) is 16.7. The molecule has 0 aliphatic rings. The highest BCUT2D eigenvalue weighted by molar-refractivity contribution is 5.76. The number of rotatable bonds is 4. The van der Waals surface area contributed by atoms with E-state index in [4.69, 9.17) is 0 Å². The van der Waals surface area contributed by atoms with E-state index in [0.717, 1.165) is 5.69 Å². The Morgan fingerprint density at radius 2 is 2.00 bits per heavy atom. The number of carboxylic acids is 1. The van der Waals surface area contributed by atoms with E-state index in [2.05, 4.69) is 20.4 Å². The standard InChI is InChI=1S/C13H19N5O2/c1-8-6-9(18-11(16-8)14-7-15-18)17-13(4,5)12(2,3)10(19)20/h6-7,17H,1-5H3,(H,19,20). The highest BCUT2D eigenvalue weighted by Gasteiger charge is 2.43. The fraction of sp³-hybridized carbons (Fsp3) is 0.538. The van der Waals surface area contributed by atoms with Crippen LogP contribution in [0.5, 0.6) is 0 Å². The quantitative estimate of drug-likeness (QED) is 0.884. The summed E-state index contributed by atoms with van der Waals surface area (Å²) in [6.45, 7) is 8.93. The van der Waals surface area contributed by atoms with E-state index in [0.29, 0.717) is 11.6 Å². The summed E-state index contributed by atoms with van der Waals surface area (Å²) < 4.78 is 1.56. The molecule has 2 aromatic rings. The minimum atomic E-state index is -0.961. The maximum atomic E-state index is 11.5. The number of nitrogens with zero attached hydrogens (tertiary/aromatic N) is 4. The Kier molecular flexibility index (Phi) is 3.15. The number of aryl methyl sites for hydroxylation is 1. The number of hydrogen-bond acceptors (Lipinski definition) is 5. The number of anilines is 1.